The summed E-state index contributed by atoms with van der Waals surface area (Å²) in [5, 5.41) is 38.3. The Kier molecular flexibility index (Phi) is 3.86. The monoisotopic (exact) mass is 275 g/mol. The van der Waals surface area contributed by atoms with Gasteiger partial charge < -0.3 is 20.4 Å². The highest BCUT2D eigenvalue weighted by Gasteiger charge is 2.43. The summed E-state index contributed by atoms with van der Waals surface area (Å²) in [6.07, 6.45) is 0.852. The minimum Gasteiger partial charge on any atom is -0.479 e. The third kappa shape index (κ3) is 2.86. The molecule has 6 heteroatoms. The molecule has 0 spiro atoms. The summed E-state index contributed by atoms with van der Waals surface area (Å²) in [7, 11) is 0. The van der Waals surface area contributed by atoms with Crippen molar-refractivity contribution >= 4 is 5.97 Å². The van der Waals surface area contributed by atoms with Crippen molar-refractivity contribution in [1.29, 1.82) is 0 Å². The first-order chi connectivity index (χ1) is 9.42. The van der Waals surface area contributed by atoms with Gasteiger partial charge in [-0.15, -0.1) is 0 Å². The van der Waals surface area contributed by atoms with Crippen molar-refractivity contribution in [3.63, 3.8) is 0 Å². The van der Waals surface area contributed by atoms with Crippen LogP contribution in [0.1, 0.15) is 12.0 Å². The number of aliphatic hydroxyl groups is 3. The fraction of sp³-hybridized carbons (Fsp3) is 0.286. The zero-order chi connectivity index (χ0) is 14.8. The fourth-order valence-corrected chi connectivity index (χ4v) is 1.88. The van der Waals surface area contributed by atoms with Gasteiger partial charge in [-0.05, 0) is 18.2 Å². The summed E-state index contributed by atoms with van der Waals surface area (Å²) in [6, 6.07) is 3.37. The van der Waals surface area contributed by atoms with Crippen molar-refractivity contribution in [3.8, 4) is 11.8 Å². The minimum atomic E-state index is -2.22. The Balaban J connectivity index is 2.36. The molecule has 1 aliphatic carbocycles. The number of aliphatic hydroxyl groups excluding tert-OH is 2. The second kappa shape index (κ2) is 5.43. The molecule has 0 aromatic carbocycles. The van der Waals surface area contributed by atoms with E-state index in [2.05, 4.69) is 16.8 Å². The lowest BCUT2D eigenvalue weighted by atomic mass is 9.83. The van der Waals surface area contributed by atoms with E-state index in [0.717, 1.165) is 6.08 Å². The summed E-state index contributed by atoms with van der Waals surface area (Å²) in [6.45, 7) is 0. The number of aliphatic carboxylic acids is 1. The van der Waals surface area contributed by atoms with Gasteiger partial charge in [-0.1, -0.05) is 11.8 Å². The van der Waals surface area contributed by atoms with Crippen LogP contribution in [0.15, 0.2) is 36.2 Å². The summed E-state index contributed by atoms with van der Waals surface area (Å²) >= 11 is 0. The number of carboxylic acid groups (broad SMARTS) is 1. The normalized spacial score (nSPS) is 29.1. The highest BCUT2D eigenvalue weighted by molar-refractivity contribution is 5.81. The van der Waals surface area contributed by atoms with E-state index in [4.69, 9.17) is 5.11 Å². The van der Waals surface area contributed by atoms with Gasteiger partial charge in [0.2, 0.25) is 0 Å². The van der Waals surface area contributed by atoms with Gasteiger partial charge in [-0.2, -0.15) is 0 Å². The number of aromatic nitrogens is 1. The number of carbonyl (C=O) groups is 1. The number of hydrogen-bond donors (Lipinski definition) is 4. The third-order valence-corrected chi connectivity index (χ3v) is 2.98. The van der Waals surface area contributed by atoms with Crippen molar-refractivity contribution in [2.75, 3.05) is 0 Å². The first-order valence-electron chi connectivity index (χ1n) is 5.89. The highest BCUT2D eigenvalue weighted by atomic mass is 16.4. The summed E-state index contributed by atoms with van der Waals surface area (Å²) in [4.78, 5) is 14.9. The van der Waals surface area contributed by atoms with Gasteiger partial charge in [0.1, 0.15) is 6.10 Å². The molecule has 20 heavy (non-hydrogen) atoms. The number of rotatable bonds is 1. The van der Waals surface area contributed by atoms with E-state index < -0.39 is 30.2 Å². The molecule has 0 saturated heterocycles. The van der Waals surface area contributed by atoms with Crippen LogP contribution >= 0.6 is 0 Å². The van der Waals surface area contributed by atoms with Crippen LogP contribution in [0.4, 0.5) is 0 Å². The van der Waals surface area contributed by atoms with E-state index in [-0.39, 0.29) is 5.57 Å². The van der Waals surface area contributed by atoms with Crippen LogP contribution < -0.4 is 0 Å². The average molecular weight is 275 g/mol. The van der Waals surface area contributed by atoms with E-state index in [1.54, 1.807) is 18.3 Å². The SMILES string of the molecule is O=C(O)[C@]1(O)C=C(C#Cc2cccnc2)[C@@H](O)[C@H](O)C1. The predicted octanol–water partition coefficient (Wildman–Crippen LogP) is -0.699. The topological polar surface area (TPSA) is 111 Å². The lowest BCUT2D eigenvalue weighted by Crippen LogP contribution is -2.47. The zero-order valence-electron chi connectivity index (χ0n) is 10.4. The van der Waals surface area contributed by atoms with Crippen molar-refractivity contribution < 1.29 is 25.2 Å². The zero-order valence-corrected chi connectivity index (χ0v) is 10.4. The Morgan fingerprint density at radius 2 is 2.15 bits per heavy atom. The number of hydrogen-bond acceptors (Lipinski definition) is 5. The quantitative estimate of drug-likeness (QED) is 0.504. The van der Waals surface area contributed by atoms with Crippen LogP contribution in [0.2, 0.25) is 0 Å². The molecule has 0 bridgehead atoms. The highest BCUT2D eigenvalue weighted by Crippen LogP contribution is 2.27. The summed E-state index contributed by atoms with van der Waals surface area (Å²) in [5.74, 6) is 3.76. The molecule has 0 unspecified atom stereocenters. The maximum Gasteiger partial charge on any atom is 0.339 e. The summed E-state index contributed by atoms with van der Waals surface area (Å²) in [5.41, 5.74) is -1.69. The first kappa shape index (κ1) is 14.2. The van der Waals surface area contributed by atoms with Crippen molar-refractivity contribution in [1.82, 2.24) is 4.98 Å². The van der Waals surface area contributed by atoms with Crippen LogP contribution in [-0.2, 0) is 4.79 Å². The number of pyridine rings is 1. The van der Waals surface area contributed by atoms with E-state index in [1.807, 2.05) is 0 Å². The second-order valence-corrected chi connectivity index (χ2v) is 4.54. The molecule has 0 fully saturated rings. The molecule has 104 valence electrons. The van der Waals surface area contributed by atoms with Gasteiger partial charge in [-0.25, -0.2) is 4.79 Å². The van der Waals surface area contributed by atoms with E-state index in [9.17, 15) is 20.1 Å². The Hall–Kier alpha value is -2.20. The Bertz CT molecular complexity index is 601. The van der Waals surface area contributed by atoms with Gasteiger partial charge in [0, 0.05) is 30.0 Å². The maximum atomic E-state index is 11.0. The largest absolute Gasteiger partial charge is 0.479 e. The molecule has 0 amide bonds. The van der Waals surface area contributed by atoms with Crippen LogP contribution in [0.3, 0.4) is 0 Å². The molecule has 0 aliphatic heterocycles. The molecule has 1 heterocycles. The molecule has 0 radical (unpaired) electrons. The Morgan fingerprint density at radius 1 is 1.40 bits per heavy atom. The van der Waals surface area contributed by atoms with Crippen LogP contribution in [-0.4, -0.2) is 49.2 Å². The van der Waals surface area contributed by atoms with Gasteiger partial charge in [0.05, 0.1) is 6.10 Å². The van der Waals surface area contributed by atoms with Gasteiger partial charge >= 0.3 is 5.97 Å². The minimum absolute atomic E-state index is 0.0301. The molecule has 1 aliphatic rings. The molecule has 1 aromatic rings. The van der Waals surface area contributed by atoms with Gasteiger partial charge in [-0.3, -0.25) is 4.98 Å². The lowest BCUT2D eigenvalue weighted by molar-refractivity contribution is -0.158. The maximum absolute atomic E-state index is 11.0. The van der Waals surface area contributed by atoms with E-state index in [1.165, 1.54) is 6.20 Å². The fourth-order valence-electron chi connectivity index (χ4n) is 1.88. The standard InChI is InChI=1S/C14H13NO5/c16-11-7-14(20,13(18)19)6-10(12(11)17)4-3-9-2-1-5-15-8-9/h1-2,5-6,8,11-12,16-17,20H,7H2,(H,18,19)/t11-,12-,14+/m1/s1. The Morgan fingerprint density at radius 3 is 2.75 bits per heavy atom. The molecule has 1 aromatic heterocycles. The molecular weight excluding hydrogens is 262 g/mol. The lowest BCUT2D eigenvalue weighted by Gasteiger charge is -2.31. The van der Waals surface area contributed by atoms with E-state index in [0.29, 0.717) is 5.56 Å². The third-order valence-electron chi connectivity index (χ3n) is 2.98. The number of nitrogens with zero attached hydrogens (tertiary/aromatic N) is 1. The van der Waals surface area contributed by atoms with Crippen molar-refractivity contribution in [2.45, 2.75) is 24.2 Å². The van der Waals surface area contributed by atoms with Crippen LogP contribution in [0.5, 0.6) is 0 Å². The molecule has 2 rings (SSSR count). The van der Waals surface area contributed by atoms with E-state index >= 15 is 0 Å². The summed E-state index contributed by atoms with van der Waals surface area (Å²) < 4.78 is 0. The molecule has 4 N–H and O–H groups in total. The van der Waals surface area contributed by atoms with Crippen molar-refractivity contribution in [2.24, 2.45) is 0 Å². The number of carboxylic acids is 1. The predicted molar refractivity (Wildman–Crippen MR) is 68.4 cm³/mol. The van der Waals surface area contributed by atoms with Crippen LogP contribution in [0, 0.1) is 11.8 Å². The van der Waals surface area contributed by atoms with Crippen molar-refractivity contribution in [3.05, 3.63) is 41.7 Å². The molecule has 6 nitrogen and oxygen atoms in total. The smallest absolute Gasteiger partial charge is 0.339 e. The first-order valence-corrected chi connectivity index (χ1v) is 5.89. The Labute approximate surface area is 115 Å². The molecular formula is C14H13NO5. The second-order valence-electron chi connectivity index (χ2n) is 4.54. The average Bonchev–Trinajstić information content (AvgIpc) is 2.42. The molecule has 0 saturated carbocycles. The molecule has 3 atom stereocenters. The van der Waals surface area contributed by atoms with Crippen LogP contribution in [0.25, 0.3) is 0 Å². The van der Waals surface area contributed by atoms with Gasteiger partial charge in [0.25, 0.3) is 0 Å². The van der Waals surface area contributed by atoms with Gasteiger partial charge in [0.15, 0.2) is 5.60 Å².